The van der Waals surface area contributed by atoms with Crippen LogP contribution < -0.4 is 10.1 Å². The van der Waals surface area contributed by atoms with Crippen LogP contribution in [0.5, 0.6) is 5.75 Å². The fourth-order valence-corrected chi connectivity index (χ4v) is 3.27. The highest BCUT2D eigenvalue weighted by atomic mass is 35.5. The minimum absolute atomic E-state index is 0.0258. The standard InChI is InChI=1S/C20H25ClN2O4/c1-20(2,3)27-19(25)23-8-6-16(7-9-23)22-18(24)14-10-13-11-15(21)4-5-17(13)26-12-14/h4-5,10-11,16H,6-9,12H2,1-3H3,(H,22,24). The number of hydrogen-bond donors (Lipinski definition) is 1. The Labute approximate surface area is 164 Å². The lowest BCUT2D eigenvalue weighted by Crippen LogP contribution is -2.48. The van der Waals surface area contributed by atoms with E-state index in [1.165, 1.54) is 0 Å². The van der Waals surface area contributed by atoms with Crippen molar-refractivity contribution in [2.45, 2.75) is 45.3 Å². The predicted octanol–water partition coefficient (Wildman–Crippen LogP) is 3.63. The minimum Gasteiger partial charge on any atom is -0.488 e. The molecule has 2 heterocycles. The number of hydrogen-bond acceptors (Lipinski definition) is 4. The van der Waals surface area contributed by atoms with Crippen LogP contribution in [0.4, 0.5) is 4.79 Å². The molecular weight excluding hydrogens is 368 g/mol. The molecule has 1 N–H and O–H groups in total. The predicted molar refractivity (Wildman–Crippen MR) is 104 cm³/mol. The number of fused-ring (bicyclic) bond motifs is 1. The summed E-state index contributed by atoms with van der Waals surface area (Å²) in [5.41, 5.74) is 0.868. The maximum absolute atomic E-state index is 12.6. The van der Waals surface area contributed by atoms with Crippen molar-refractivity contribution in [3.05, 3.63) is 34.4 Å². The lowest BCUT2D eigenvalue weighted by atomic mass is 10.0. The van der Waals surface area contributed by atoms with Crippen LogP contribution in [0, 0.1) is 0 Å². The van der Waals surface area contributed by atoms with Gasteiger partial charge in [0.2, 0.25) is 0 Å². The molecule has 27 heavy (non-hydrogen) atoms. The second kappa shape index (κ2) is 7.80. The quantitative estimate of drug-likeness (QED) is 0.834. The van der Waals surface area contributed by atoms with Crippen LogP contribution in [0.2, 0.25) is 5.02 Å². The Kier molecular flexibility index (Phi) is 5.65. The highest BCUT2D eigenvalue weighted by Gasteiger charge is 2.28. The molecule has 1 aromatic rings. The zero-order valence-corrected chi connectivity index (χ0v) is 16.6. The van der Waals surface area contributed by atoms with Crippen LogP contribution in [-0.4, -0.2) is 48.2 Å². The SMILES string of the molecule is CC(C)(C)OC(=O)N1CCC(NC(=O)C2=Cc3cc(Cl)ccc3OC2)CC1. The van der Waals surface area contributed by atoms with E-state index in [-0.39, 0.29) is 24.6 Å². The second-order valence-corrected chi connectivity index (χ2v) is 8.29. The van der Waals surface area contributed by atoms with E-state index in [0.29, 0.717) is 36.5 Å². The number of halogens is 1. The number of rotatable bonds is 2. The Morgan fingerprint density at radius 1 is 1.26 bits per heavy atom. The van der Waals surface area contributed by atoms with Crippen molar-refractivity contribution in [2.75, 3.05) is 19.7 Å². The molecule has 0 saturated carbocycles. The summed E-state index contributed by atoms with van der Waals surface area (Å²) in [4.78, 5) is 26.4. The van der Waals surface area contributed by atoms with Gasteiger partial charge >= 0.3 is 6.09 Å². The maximum Gasteiger partial charge on any atom is 0.410 e. The van der Waals surface area contributed by atoms with Gasteiger partial charge in [0.25, 0.3) is 5.91 Å². The molecule has 1 saturated heterocycles. The van der Waals surface area contributed by atoms with Gasteiger partial charge in [-0.1, -0.05) is 11.6 Å². The first kappa shape index (κ1) is 19.5. The van der Waals surface area contributed by atoms with Crippen molar-refractivity contribution in [3.8, 4) is 5.75 Å². The Balaban J connectivity index is 1.54. The van der Waals surface area contributed by atoms with Gasteiger partial charge in [-0.3, -0.25) is 4.79 Å². The molecule has 1 fully saturated rings. The van der Waals surface area contributed by atoms with Crippen LogP contribution in [0.3, 0.4) is 0 Å². The number of carbonyl (C=O) groups excluding carboxylic acids is 2. The van der Waals surface area contributed by atoms with Gasteiger partial charge < -0.3 is 19.7 Å². The first-order valence-electron chi connectivity index (χ1n) is 9.13. The summed E-state index contributed by atoms with van der Waals surface area (Å²) in [6.45, 7) is 6.91. The van der Waals surface area contributed by atoms with E-state index >= 15 is 0 Å². The highest BCUT2D eigenvalue weighted by Crippen LogP contribution is 2.29. The van der Waals surface area contributed by atoms with Gasteiger partial charge in [-0.2, -0.15) is 0 Å². The molecule has 1 aromatic carbocycles. The maximum atomic E-state index is 12.6. The topological polar surface area (TPSA) is 67.9 Å². The Bertz CT molecular complexity index is 762. The Hall–Kier alpha value is -2.21. The molecule has 2 aliphatic heterocycles. The molecule has 0 aromatic heterocycles. The smallest absolute Gasteiger partial charge is 0.410 e. The molecule has 0 radical (unpaired) electrons. The fourth-order valence-electron chi connectivity index (χ4n) is 3.09. The normalized spacial score (nSPS) is 17.5. The number of nitrogens with one attached hydrogen (secondary N) is 1. The van der Waals surface area contributed by atoms with Crippen molar-refractivity contribution >= 4 is 29.7 Å². The number of amides is 2. The molecular formula is C20H25ClN2O4. The van der Waals surface area contributed by atoms with Gasteiger partial charge in [-0.05, 0) is 57.9 Å². The first-order chi connectivity index (χ1) is 12.7. The van der Waals surface area contributed by atoms with Gasteiger partial charge in [0.1, 0.15) is 18.0 Å². The minimum atomic E-state index is -0.505. The third kappa shape index (κ3) is 5.16. The average molecular weight is 393 g/mol. The Morgan fingerprint density at radius 3 is 2.63 bits per heavy atom. The van der Waals surface area contributed by atoms with Crippen LogP contribution in [0.1, 0.15) is 39.2 Å². The van der Waals surface area contributed by atoms with E-state index < -0.39 is 5.60 Å². The molecule has 3 rings (SSSR count). The zero-order chi connectivity index (χ0) is 19.6. The lowest BCUT2D eigenvalue weighted by Gasteiger charge is -2.34. The Morgan fingerprint density at radius 2 is 1.96 bits per heavy atom. The summed E-state index contributed by atoms with van der Waals surface area (Å²) >= 11 is 6.01. The third-order valence-corrected chi connectivity index (χ3v) is 4.69. The zero-order valence-electron chi connectivity index (χ0n) is 15.9. The number of likely N-dealkylation sites (tertiary alicyclic amines) is 1. The second-order valence-electron chi connectivity index (χ2n) is 7.86. The van der Waals surface area contributed by atoms with E-state index in [2.05, 4.69) is 5.32 Å². The molecule has 146 valence electrons. The first-order valence-corrected chi connectivity index (χ1v) is 9.51. The summed E-state index contributed by atoms with van der Waals surface area (Å²) in [7, 11) is 0. The van der Waals surface area contributed by atoms with Crippen molar-refractivity contribution in [1.82, 2.24) is 10.2 Å². The molecule has 0 bridgehead atoms. The van der Waals surface area contributed by atoms with E-state index in [4.69, 9.17) is 21.1 Å². The molecule has 0 aliphatic carbocycles. The molecule has 0 atom stereocenters. The van der Waals surface area contributed by atoms with Crippen LogP contribution in [0.25, 0.3) is 6.08 Å². The molecule has 0 spiro atoms. The van der Waals surface area contributed by atoms with Gasteiger partial charge in [-0.15, -0.1) is 0 Å². The van der Waals surface area contributed by atoms with Gasteiger partial charge in [0.15, 0.2) is 0 Å². The van der Waals surface area contributed by atoms with Gasteiger partial charge in [-0.25, -0.2) is 4.79 Å². The monoisotopic (exact) mass is 392 g/mol. The number of nitrogens with zero attached hydrogens (tertiary/aromatic N) is 1. The third-order valence-electron chi connectivity index (χ3n) is 4.46. The van der Waals surface area contributed by atoms with Gasteiger partial charge in [0, 0.05) is 29.7 Å². The van der Waals surface area contributed by atoms with Crippen LogP contribution in [0.15, 0.2) is 23.8 Å². The summed E-state index contributed by atoms with van der Waals surface area (Å²) in [5, 5.41) is 3.64. The number of piperidine rings is 1. The summed E-state index contributed by atoms with van der Waals surface area (Å²) < 4.78 is 11.0. The van der Waals surface area contributed by atoms with Crippen molar-refractivity contribution in [3.63, 3.8) is 0 Å². The summed E-state index contributed by atoms with van der Waals surface area (Å²) in [6, 6.07) is 5.37. The fraction of sp³-hybridized carbons (Fsp3) is 0.500. The van der Waals surface area contributed by atoms with Crippen LogP contribution in [-0.2, 0) is 9.53 Å². The molecule has 2 amide bonds. The molecule has 0 unspecified atom stereocenters. The number of benzene rings is 1. The van der Waals surface area contributed by atoms with E-state index in [0.717, 1.165) is 11.3 Å². The lowest BCUT2D eigenvalue weighted by molar-refractivity contribution is -0.118. The molecule has 6 nitrogen and oxygen atoms in total. The summed E-state index contributed by atoms with van der Waals surface area (Å²) in [6.07, 6.45) is 2.91. The molecule has 2 aliphatic rings. The number of carbonyl (C=O) groups is 2. The van der Waals surface area contributed by atoms with E-state index in [1.54, 1.807) is 23.1 Å². The van der Waals surface area contributed by atoms with Crippen molar-refractivity contribution in [2.24, 2.45) is 0 Å². The highest BCUT2D eigenvalue weighted by molar-refractivity contribution is 6.30. The summed E-state index contributed by atoms with van der Waals surface area (Å²) in [5.74, 6) is 0.581. The largest absolute Gasteiger partial charge is 0.488 e. The van der Waals surface area contributed by atoms with Crippen molar-refractivity contribution in [1.29, 1.82) is 0 Å². The average Bonchev–Trinajstić information content (AvgIpc) is 2.60. The molecule has 7 heteroatoms. The number of ether oxygens (including phenoxy) is 2. The van der Waals surface area contributed by atoms with Crippen molar-refractivity contribution < 1.29 is 19.1 Å². The van der Waals surface area contributed by atoms with E-state index in [9.17, 15) is 9.59 Å². The van der Waals surface area contributed by atoms with Gasteiger partial charge in [0.05, 0.1) is 5.57 Å². The van der Waals surface area contributed by atoms with E-state index in [1.807, 2.05) is 26.8 Å². The van der Waals surface area contributed by atoms with Crippen LogP contribution >= 0.6 is 11.6 Å².